The molecule has 0 unspecified atom stereocenters. The monoisotopic (exact) mass is 201 g/mol. The van der Waals surface area contributed by atoms with Crippen molar-refractivity contribution in [3.05, 3.63) is 23.8 Å². The Labute approximate surface area is 79.4 Å². The molecule has 0 aromatic heterocycles. The van der Waals surface area contributed by atoms with Crippen LogP contribution in [0.25, 0.3) is 0 Å². The molecule has 1 aliphatic heterocycles. The average molecular weight is 201 g/mol. The van der Waals surface area contributed by atoms with E-state index in [4.69, 9.17) is 15.2 Å². The van der Waals surface area contributed by atoms with Crippen molar-refractivity contribution in [2.75, 3.05) is 6.79 Å². The van der Waals surface area contributed by atoms with E-state index in [0.717, 1.165) is 0 Å². The maximum atomic E-state index is 12.3. The summed E-state index contributed by atoms with van der Waals surface area (Å²) in [7, 11) is 0. The zero-order valence-electron chi connectivity index (χ0n) is 7.24. The normalized spacial score (nSPS) is 16.0. The van der Waals surface area contributed by atoms with E-state index in [1.54, 1.807) is 6.07 Å². The third-order valence-corrected chi connectivity index (χ3v) is 2.05. The fraction of sp³-hybridized carbons (Fsp3) is 0.333. The molecule has 14 heavy (non-hydrogen) atoms. The Balaban J connectivity index is 2.28. The molecule has 0 saturated heterocycles. The topological polar surface area (TPSA) is 44.5 Å². The summed E-state index contributed by atoms with van der Waals surface area (Å²) in [6.45, 7) is 0.128. The smallest absolute Gasteiger partial charge is 0.257 e. The van der Waals surface area contributed by atoms with Crippen LogP contribution in [0.4, 0.5) is 8.78 Å². The molecule has 0 aliphatic carbocycles. The Hall–Kier alpha value is -1.36. The molecule has 0 fully saturated rings. The van der Waals surface area contributed by atoms with Crippen LogP contribution in [0.5, 0.6) is 11.5 Å². The van der Waals surface area contributed by atoms with E-state index in [2.05, 4.69) is 0 Å². The maximum Gasteiger partial charge on any atom is 0.257 e. The molecule has 3 nitrogen and oxygen atoms in total. The first-order valence-corrected chi connectivity index (χ1v) is 4.12. The van der Waals surface area contributed by atoms with Gasteiger partial charge in [-0.2, -0.15) is 0 Å². The minimum absolute atomic E-state index is 0.128. The molecule has 0 amide bonds. The number of ether oxygens (including phenoxy) is 2. The summed E-state index contributed by atoms with van der Waals surface area (Å²) in [6.07, 6.45) is -2.57. The number of halogens is 2. The van der Waals surface area contributed by atoms with Gasteiger partial charge in [-0.15, -0.1) is 0 Å². The fourth-order valence-corrected chi connectivity index (χ4v) is 1.27. The van der Waals surface area contributed by atoms with Crippen molar-refractivity contribution in [1.82, 2.24) is 0 Å². The zero-order chi connectivity index (χ0) is 10.1. The first-order chi connectivity index (χ1) is 6.68. The molecule has 1 atom stereocenters. The van der Waals surface area contributed by atoms with E-state index in [1.165, 1.54) is 12.1 Å². The van der Waals surface area contributed by atoms with Crippen LogP contribution in [0.1, 0.15) is 11.6 Å². The predicted octanol–water partition coefficient (Wildman–Crippen LogP) is 1.68. The number of benzene rings is 1. The SMILES string of the molecule is N[C@H](c1ccc2c(c1)OCO2)C(F)F. The summed E-state index contributed by atoms with van der Waals surface area (Å²) in [6, 6.07) is 3.31. The van der Waals surface area contributed by atoms with Gasteiger partial charge in [-0.1, -0.05) is 6.07 Å². The van der Waals surface area contributed by atoms with Gasteiger partial charge in [0.05, 0.1) is 6.04 Å². The predicted molar refractivity (Wildman–Crippen MR) is 45.5 cm³/mol. The highest BCUT2D eigenvalue weighted by Gasteiger charge is 2.21. The Bertz CT molecular complexity index is 344. The van der Waals surface area contributed by atoms with Crippen molar-refractivity contribution in [3.8, 4) is 11.5 Å². The van der Waals surface area contributed by atoms with Gasteiger partial charge in [0.15, 0.2) is 11.5 Å². The third-order valence-electron chi connectivity index (χ3n) is 2.05. The van der Waals surface area contributed by atoms with Gasteiger partial charge in [-0.3, -0.25) is 0 Å². The molecule has 1 aliphatic rings. The molecule has 2 N–H and O–H groups in total. The Kier molecular flexibility index (Phi) is 2.25. The molecule has 1 heterocycles. The second-order valence-corrected chi connectivity index (χ2v) is 2.97. The zero-order valence-corrected chi connectivity index (χ0v) is 7.24. The number of fused-ring (bicyclic) bond motifs is 1. The molecule has 0 spiro atoms. The number of hydrogen-bond acceptors (Lipinski definition) is 3. The largest absolute Gasteiger partial charge is 0.454 e. The van der Waals surface area contributed by atoms with Gasteiger partial charge < -0.3 is 15.2 Å². The lowest BCUT2D eigenvalue weighted by Crippen LogP contribution is -2.18. The Morgan fingerprint density at radius 2 is 1.93 bits per heavy atom. The second-order valence-electron chi connectivity index (χ2n) is 2.97. The molecule has 2 rings (SSSR count). The van der Waals surface area contributed by atoms with Crippen LogP contribution in [-0.2, 0) is 0 Å². The number of rotatable bonds is 2. The van der Waals surface area contributed by atoms with Crippen molar-refractivity contribution in [3.63, 3.8) is 0 Å². The summed E-state index contributed by atoms with van der Waals surface area (Å²) in [4.78, 5) is 0. The van der Waals surface area contributed by atoms with Crippen LogP contribution >= 0.6 is 0 Å². The minimum Gasteiger partial charge on any atom is -0.454 e. The highest BCUT2D eigenvalue weighted by molar-refractivity contribution is 5.45. The lowest BCUT2D eigenvalue weighted by Gasteiger charge is -2.10. The van der Waals surface area contributed by atoms with E-state index in [-0.39, 0.29) is 6.79 Å². The highest BCUT2D eigenvalue weighted by atomic mass is 19.3. The standard InChI is InChI=1S/C9H9F2NO2/c10-9(11)8(12)5-1-2-6-7(3-5)14-4-13-6/h1-3,8-9H,4,12H2/t8-/m1/s1. The summed E-state index contributed by atoms with van der Waals surface area (Å²) in [5.74, 6) is 1.04. The fourth-order valence-electron chi connectivity index (χ4n) is 1.27. The van der Waals surface area contributed by atoms with Gasteiger partial charge in [0.1, 0.15) is 0 Å². The third kappa shape index (κ3) is 1.50. The van der Waals surface area contributed by atoms with Gasteiger partial charge in [0, 0.05) is 0 Å². The van der Waals surface area contributed by atoms with Gasteiger partial charge in [-0.05, 0) is 17.7 Å². The lowest BCUT2D eigenvalue weighted by atomic mass is 10.1. The van der Waals surface area contributed by atoms with Crippen molar-refractivity contribution < 1.29 is 18.3 Å². The van der Waals surface area contributed by atoms with Gasteiger partial charge >= 0.3 is 0 Å². The maximum absolute atomic E-state index is 12.3. The Morgan fingerprint density at radius 3 is 2.64 bits per heavy atom. The molecule has 1 aromatic carbocycles. The molecule has 76 valence electrons. The van der Waals surface area contributed by atoms with E-state index >= 15 is 0 Å². The first-order valence-electron chi connectivity index (χ1n) is 4.12. The van der Waals surface area contributed by atoms with E-state index in [0.29, 0.717) is 17.1 Å². The molecule has 0 radical (unpaired) electrons. The van der Waals surface area contributed by atoms with Crippen molar-refractivity contribution >= 4 is 0 Å². The number of hydrogen-bond donors (Lipinski definition) is 1. The van der Waals surface area contributed by atoms with Crippen LogP contribution in [0.2, 0.25) is 0 Å². The van der Waals surface area contributed by atoms with Crippen molar-refractivity contribution in [2.45, 2.75) is 12.5 Å². The molecular weight excluding hydrogens is 192 g/mol. The molecule has 5 heteroatoms. The van der Waals surface area contributed by atoms with Crippen molar-refractivity contribution in [1.29, 1.82) is 0 Å². The summed E-state index contributed by atoms with van der Waals surface area (Å²) < 4.78 is 34.6. The highest BCUT2D eigenvalue weighted by Crippen LogP contribution is 2.34. The minimum atomic E-state index is -2.57. The lowest BCUT2D eigenvalue weighted by molar-refractivity contribution is 0.116. The average Bonchev–Trinajstić information content (AvgIpc) is 2.62. The van der Waals surface area contributed by atoms with Crippen LogP contribution < -0.4 is 15.2 Å². The van der Waals surface area contributed by atoms with Crippen LogP contribution in [0.15, 0.2) is 18.2 Å². The summed E-state index contributed by atoms with van der Waals surface area (Å²) >= 11 is 0. The molecule has 1 aromatic rings. The summed E-state index contributed by atoms with van der Waals surface area (Å²) in [5.41, 5.74) is 5.64. The molecule has 0 saturated carbocycles. The van der Waals surface area contributed by atoms with E-state index in [9.17, 15) is 8.78 Å². The van der Waals surface area contributed by atoms with Gasteiger partial charge in [0.25, 0.3) is 6.43 Å². The second kappa shape index (κ2) is 3.42. The molecule has 0 bridgehead atoms. The van der Waals surface area contributed by atoms with Crippen LogP contribution in [0, 0.1) is 0 Å². The van der Waals surface area contributed by atoms with Crippen LogP contribution in [-0.4, -0.2) is 13.2 Å². The quantitative estimate of drug-likeness (QED) is 0.791. The van der Waals surface area contributed by atoms with Gasteiger partial charge in [0.2, 0.25) is 6.79 Å². The van der Waals surface area contributed by atoms with Crippen LogP contribution in [0.3, 0.4) is 0 Å². The van der Waals surface area contributed by atoms with Crippen molar-refractivity contribution in [2.24, 2.45) is 5.73 Å². The molecular formula is C9H9F2NO2. The number of alkyl halides is 2. The summed E-state index contributed by atoms with van der Waals surface area (Å²) in [5, 5.41) is 0. The van der Waals surface area contributed by atoms with E-state index in [1.807, 2.05) is 0 Å². The van der Waals surface area contributed by atoms with E-state index < -0.39 is 12.5 Å². The first kappa shape index (κ1) is 9.21. The van der Waals surface area contributed by atoms with Gasteiger partial charge in [-0.25, -0.2) is 8.78 Å². The Morgan fingerprint density at radius 1 is 1.21 bits per heavy atom. The number of nitrogens with two attached hydrogens (primary N) is 1.